The van der Waals surface area contributed by atoms with E-state index in [0.29, 0.717) is 0 Å². The lowest BCUT2D eigenvalue weighted by Crippen LogP contribution is -2.43. The predicted octanol–water partition coefficient (Wildman–Crippen LogP) is 2.84. The van der Waals surface area contributed by atoms with Gasteiger partial charge in [0.05, 0.1) is 0 Å². The molecule has 2 aliphatic heterocycles. The van der Waals surface area contributed by atoms with Crippen LogP contribution in [0.25, 0.3) is 0 Å². The minimum Gasteiger partial charge on any atom is -0.314 e. The molecular formula is C15H30N2S. The molecule has 0 saturated carbocycles. The summed E-state index contributed by atoms with van der Waals surface area (Å²) in [6.07, 6.45) is 5.53. The minimum absolute atomic E-state index is 0.722. The van der Waals surface area contributed by atoms with Gasteiger partial charge in [-0.1, -0.05) is 6.92 Å². The van der Waals surface area contributed by atoms with E-state index in [0.717, 1.165) is 17.9 Å². The van der Waals surface area contributed by atoms with Crippen LogP contribution in [-0.2, 0) is 0 Å². The second-order valence-electron chi connectivity index (χ2n) is 6.11. The number of hydrogen-bond acceptors (Lipinski definition) is 3. The third-order valence-electron chi connectivity index (χ3n) is 4.63. The maximum Gasteiger partial charge on any atom is 0.00680 e. The molecule has 0 aromatic heterocycles. The Morgan fingerprint density at radius 3 is 2.67 bits per heavy atom. The third-order valence-corrected chi connectivity index (χ3v) is 5.86. The molecule has 2 rings (SSSR count). The summed E-state index contributed by atoms with van der Waals surface area (Å²) in [7, 11) is 0. The molecule has 3 heteroatoms. The Hall–Kier alpha value is 0.270. The van der Waals surface area contributed by atoms with Crippen LogP contribution in [0.3, 0.4) is 0 Å². The van der Waals surface area contributed by atoms with Gasteiger partial charge in [0, 0.05) is 6.04 Å². The number of likely N-dealkylation sites (tertiary alicyclic amines) is 1. The van der Waals surface area contributed by atoms with Crippen LogP contribution in [-0.4, -0.2) is 48.6 Å². The zero-order valence-corrected chi connectivity index (χ0v) is 13.0. The second kappa shape index (κ2) is 7.76. The molecule has 106 valence electrons. The lowest BCUT2D eigenvalue weighted by atomic mass is 9.90. The molecule has 2 aliphatic rings. The van der Waals surface area contributed by atoms with Crippen LogP contribution in [0.1, 0.15) is 39.5 Å². The standard InChI is InChI=1S/C15H30N2S/c1-3-7-17-8-4-15(5-9-17)13(2)16-11-14-6-10-18-12-14/h13-16H,3-12H2,1-2H3. The first-order chi connectivity index (χ1) is 8.79. The van der Waals surface area contributed by atoms with E-state index in [1.54, 1.807) is 0 Å². The fraction of sp³-hybridized carbons (Fsp3) is 1.00. The first-order valence-electron chi connectivity index (χ1n) is 7.83. The molecule has 0 aromatic rings. The Morgan fingerprint density at radius 2 is 2.06 bits per heavy atom. The van der Waals surface area contributed by atoms with Gasteiger partial charge < -0.3 is 10.2 Å². The average Bonchev–Trinajstić information content (AvgIpc) is 2.90. The Labute approximate surface area is 117 Å². The summed E-state index contributed by atoms with van der Waals surface area (Å²) in [5.74, 6) is 4.62. The van der Waals surface area contributed by atoms with Crippen LogP contribution < -0.4 is 5.32 Å². The Kier molecular flexibility index (Phi) is 6.33. The molecule has 0 amide bonds. The van der Waals surface area contributed by atoms with E-state index in [1.165, 1.54) is 63.4 Å². The van der Waals surface area contributed by atoms with E-state index >= 15 is 0 Å². The number of nitrogens with zero attached hydrogens (tertiary/aromatic N) is 1. The highest BCUT2D eigenvalue weighted by Gasteiger charge is 2.24. The van der Waals surface area contributed by atoms with Crippen molar-refractivity contribution >= 4 is 11.8 Å². The Bertz CT molecular complexity index is 221. The normalized spacial score (nSPS) is 28.7. The van der Waals surface area contributed by atoms with Gasteiger partial charge in [-0.05, 0) is 82.1 Å². The van der Waals surface area contributed by atoms with E-state index in [4.69, 9.17) is 0 Å². The summed E-state index contributed by atoms with van der Waals surface area (Å²) in [5, 5.41) is 3.81. The van der Waals surface area contributed by atoms with E-state index < -0.39 is 0 Å². The molecule has 2 saturated heterocycles. The van der Waals surface area contributed by atoms with Crippen molar-refractivity contribution in [1.82, 2.24) is 10.2 Å². The van der Waals surface area contributed by atoms with E-state index in [-0.39, 0.29) is 0 Å². The van der Waals surface area contributed by atoms with Crippen molar-refractivity contribution in [3.05, 3.63) is 0 Å². The van der Waals surface area contributed by atoms with Crippen LogP contribution in [0.4, 0.5) is 0 Å². The summed E-state index contributed by atoms with van der Waals surface area (Å²) in [5.41, 5.74) is 0. The smallest absolute Gasteiger partial charge is 0.00680 e. The molecule has 2 nitrogen and oxygen atoms in total. The highest BCUT2D eigenvalue weighted by molar-refractivity contribution is 7.99. The molecule has 0 spiro atoms. The van der Waals surface area contributed by atoms with Crippen LogP contribution in [0.5, 0.6) is 0 Å². The van der Waals surface area contributed by atoms with Crippen molar-refractivity contribution in [2.24, 2.45) is 11.8 Å². The SMILES string of the molecule is CCCN1CCC(C(C)NCC2CCSC2)CC1. The quantitative estimate of drug-likeness (QED) is 0.799. The van der Waals surface area contributed by atoms with Crippen LogP contribution in [0, 0.1) is 11.8 Å². The van der Waals surface area contributed by atoms with Gasteiger partial charge in [-0.25, -0.2) is 0 Å². The number of rotatable bonds is 6. The summed E-state index contributed by atoms with van der Waals surface area (Å²) in [6, 6.07) is 0.722. The fourth-order valence-corrected chi connectivity index (χ4v) is 4.54. The van der Waals surface area contributed by atoms with Gasteiger partial charge in [-0.2, -0.15) is 11.8 Å². The van der Waals surface area contributed by atoms with Gasteiger partial charge >= 0.3 is 0 Å². The summed E-state index contributed by atoms with van der Waals surface area (Å²) in [4.78, 5) is 2.64. The summed E-state index contributed by atoms with van der Waals surface area (Å²) in [6.45, 7) is 9.89. The van der Waals surface area contributed by atoms with Gasteiger partial charge in [0.25, 0.3) is 0 Å². The van der Waals surface area contributed by atoms with Crippen molar-refractivity contribution in [3.63, 3.8) is 0 Å². The van der Waals surface area contributed by atoms with Crippen LogP contribution in [0.15, 0.2) is 0 Å². The molecule has 18 heavy (non-hydrogen) atoms. The molecule has 0 aliphatic carbocycles. The molecular weight excluding hydrogens is 240 g/mol. The van der Waals surface area contributed by atoms with Gasteiger partial charge in [0.2, 0.25) is 0 Å². The third kappa shape index (κ3) is 4.43. The first-order valence-corrected chi connectivity index (χ1v) is 8.98. The van der Waals surface area contributed by atoms with Crippen molar-refractivity contribution < 1.29 is 0 Å². The van der Waals surface area contributed by atoms with E-state index in [9.17, 15) is 0 Å². The van der Waals surface area contributed by atoms with Crippen molar-refractivity contribution in [2.75, 3.05) is 37.7 Å². The minimum atomic E-state index is 0.722. The van der Waals surface area contributed by atoms with Crippen molar-refractivity contribution in [1.29, 1.82) is 0 Å². The van der Waals surface area contributed by atoms with E-state index in [2.05, 4.69) is 35.8 Å². The number of nitrogens with one attached hydrogen (secondary N) is 1. The lowest BCUT2D eigenvalue weighted by Gasteiger charge is -2.35. The van der Waals surface area contributed by atoms with E-state index in [1.807, 2.05) is 0 Å². The van der Waals surface area contributed by atoms with Crippen LogP contribution in [0.2, 0.25) is 0 Å². The van der Waals surface area contributed by atoms with Crippen molar-refractivity contribution in [3.8, 4) is 0 Å². The lowest BCUT2D eigenvalue weighted by molar-refractivity contribution is 0.161. The molecule has 0 aromatic carbocycles. The first kappa shape index (κ1) is 14.7. The maximum absolute atomic E-state index is 3.81. The fourth-order valence-electron chi connectivity index (χ4n) is 3.26. The molecule has 2 heterocycles. The number of thioether (sulfide) groups is 1. The Balaban J connectivity index is 1.62. The second-order valence-corrected chi connectivity index (χ2v) is 7.26. The summed E-state index contributed by atoms with van der Waals surface area (Å²) >= 11 is 2.13. The molecule has 1 N–H and O–H groups in total. The molecule has 0 radical (unpaired) electrons. The largest absolute Gasteiger partial charge is 0.314 e. The highest BCUT2D eigenvalue weighted by Crippen LogP contribution is 2.24. The number of hydrogen-bond donors (Lipinski definition) is 1. The number of piperidine rings is 1. The monoisotopic (exact) mass is 270 g/mol. The van der Waals surface area contributed by atoms with Crippen LogP contribution >= 0.6 is 11.8 Å². The average molecular weight is 270 g/mol. The van der Waals surface area contributed by atoms with Gasteiger partial charge in [-0.15, -0.1) is 0 Å². The topological polar surface area (TPSA) is 15.3 Å². The van der Waals surface area contributed by atoms with Gasteiger partial charge in [0.15, 0.2) is 0 Å². The zero-order chi connectivity index (χ0) is 12.8. The summed E-state index contributed by atoms with van der Waals surface area (Å²) < 4.78 is 0. The molecule has 2 atom stereocenters. The Morgan fingerprint density at radius 1 is 1.28 bits per heavy atom. The van der Waals surface area contributed by atoms with Gasteiger partial charge in [0.1, 0.15) is 0 Å². The predicted molar refractivity (Wildman–Crippen MR) is 82.4 cm³/mol. The molecule has 2 fully saturated rings. The van der Waals surface area contributed by atoms with Gasteiger partial charge in [-0.3, -0.25) is 0 Å². The molecule has 2 unspecified atom stereocenters. The molecule has 0 bridgehead atoms. The van der Waals surface area contributed by atoms with Crippen molar-refractivity contribution in [2.45, 2.75) is 45.6 Å². The highest BCUT2D eigenvalue weighted by atomic mass is 32.2. The maximum atomic E-state index is 3.81. The zero-order valence-electron chi connectivity index (χ0n) is 12.2.